The Morgan fingerprint density at radius 1 is 1.26 bits per heavy atom. The number of piperazine rings is 1. The zero-order valence-corrected chi connectivity index (χ0v) is 16.4. The molecule has 1 aliphatic rings. The third kappa shape index (κ3) is 5.23. The Hall–Kier alpha value is -2.54. The van der Waals surface area contributed by atoms with Gasteiger partial charge in [-0.1, -0.05) is 22.9 Å². The van der Waals surface area contributed by atoms with Gasteiger partial charge in [0, 0.05) is 52.4 Å². The summed E-state index contributed by atoms with van der Waals surface area (Å²) >= 11 is 0. The van der Waals surface area contributed by atoms with Crippen molar-refractivity contribution in [1.82, 2.24) is 20.3 Å². The van der Waals surface area contributed by atoms with Crippen molar-refractivity contribution in [3.05, 3.63) is 47.3 Å². The Balaban J connectivity index is 1.47. The topological polar surface area (TPSA) is 66.1 Å². The molecule has 146 valence electrons. The summed E-state index contributed by atoms with van der Waals surface area (Å²) in [5, 5.41) is 7.49. The summed E-state index contributed by atoms with van der Waals surface area (Å²) in [6, 6.07) is 8.22. The van der Waals surface area contributed by atoms with Crippen molar-refractivity contribution in [3.63, 3.8) is 0 Å². The summed E-state index contributed by atoms with van der Waals surface area (Å²) in [5.74, 6) is 1.90. The van der Waals surface area contributed by atoms with Crippen molar-refractivity contribution in [1.29, 1.82) is 0 Å². The number of ether oxygens (including phenoxy) is 1. The second-order valence-corrected chi connectivity index (χ2v) is 6.79. The number of aromatic nitrogens is 1. The minimum atomic E-state index is 0.825. The van der Waals surface area contributed by atoms with E-state index in [4.69, 9.17) is 9.26 Å². The van der Waals surface area contributed by atoms with Crippen LogP contribution in [0.5, 0.6) is 5.75 Å². The first-order valence-electron chi connectivity index (χ1n) is 9.40. The molecular formula is C20H29N5O2. The molecule has 2 heterocycles. The number of aryl methyl sites for hydroxylation is 1. The van der Waals surface area contributed by atoms with Gasteiger partial charge in [-0.15, -0.1) is 0 Å². The zero-order chi connectivity index (χ0) is 19.1. The van der Waals surface area contributed by atoms with Crippen molar-refractivity contribution < 1.29 is 9.26 Å². The van der Waals surface area contributed by atoms with E-state index in [9.17, 15) is 0 Å². The van der Waals surface area contributed by atoms with E-state index in [0.29, 0.717) is 0 Å². The number of hydrogen-bond donors (Lipinski definition) is 1. The van der Waals surface area contributed by atoms with E-state index < -0.39 is 0 Å². The third-order valence-electron chi connectivity index (χ3n) is 4.87. The fourth-order valence-electron chi connectivity index (χ4n) is 3.41. The van der Waals surface area contributed by atoms with Gasteiger partial charge in [0.25, 0.3) is 0 Å². The smallest absolute Gasteiger partial charge is 0.193 e. The summed E-state index contributed by atoms with van der Waals surface area (Å²) in [7, 11) is 3.57. The summed E-state index contributed by atoms with van der Waals surface area (Å²) in [6.07, 6.45) is 2.52. The number of methoxy groups -OCH3 is 1. The van der Waals surface area contributed by atoms with Crippen LogP contribution < -0.4 is 10.1 Å². The quantitative estimate of drug-likeness (QED) is 0.618. The Kier molecular flexibility index (Phi) is 6.70. The van der Waals surface area contributed by atoms with E-state index in [0.717, 1.165) is 63.1 Å². The molecule has 7 heteroatoms. The Morgan fingerprint density at radius 3 is 2.74 bits per heavy atom. The van der Waals surface area contributed by atoms with E-state index in [2.05, 4.69) is 44.3 Å². The Labute approximate surface area is 161 Å². The van der Waals surface area contributed by atoms with Crippen LogP contribution >= 0.6 is 0 Å². The highest BCUT2D eigenvalue weighted by atomic mass is 16.5. The van der Waals surface area contributed by atoms with E-state index in [1.807, 2.05) is 19.2 Å². The monoisotopic (exact) mass is 371 g/mol. The van der Waals surface area contributed by atoms with Crippen LogP contribution in [0.25, 0.3) is 0 Å². The van der Waals surface area contributed by atoms with Gasteiger partial charge < -0.3 is 19.5 Å². The maximum Gasteiger partial charge on any atom is 0.193 e. The van der Waals surface area contributed by atoms with E-state index >= 15 is 0 Å². The fraction of sp³-hybridized carbons (Fsp3) is 0.500. The molecule has 0 spiro atoms. The van der Waals surface area contributed by atoms with Crippen molar-refractivity contribution in [2.24, 2.45) is 4.99 Å². The SMILES string of the molecule is CN=C(NCCc1cc(C)ccc1OC)N1CCN(Cc2ccon2)CC1. The van der Waals surface area contributed by atoms with Crippen LogP contribution in [0.15, 0.2) is 40.0 Å². The highest BCUT2D eigenvalue weighted by molar-refractivity contribution is 5.80. The molecule has 1 aliphatic heterocycles. The minimum absolute atomic E-state index is 0.825. The van der Waals surface area contributed by atoms with Gasteiger partial charge in [-0.05, 0) is 25.0 Å². The summed E-state index contributed by atoms with van der Waals surface area (Å²) in [6.45, 7) is 7.64. The van der Waals surface area contributed by atoms with Gasteiger partial charge in [0.2, 0.25) is 0 Å². The van der Waals surface area contributed by atoms with Crippen molar-refractivity contribution in [2.75, 3.05) is 46.9 Å². The molecule has 1 fully saturated rings. The van der Waals surface area contributed by atoms with Crippen LogP contribution in [0, 0.1) is 6.92 Å². The summed E-state index contributed by atoms with van der Waals surface area (Å²) < 4.78 is 10.4. The highest BCUT2D eigenvalue weighted by Gasteiger charge is 2.20. The number of aliphatic imine (C=N–C) groups is 1. The van der Waals surface area contributed by atoms with Gasteiger partial charge in [-0.2, -0.15) is 0 Å². The summed E-state index contributed by atoms with van der Waals surface area (Å²) in [4.78, 5) is 9.16. The lowest BCUT2D eigenvalue weighted by molar-refractivity contribution is 0.169. The second-order valence-electron chi connectivity index (χ2n) is 6.79. The minimum Gasteiger partial charge on any atom is -0.496 e. The molecule has 0 radical (unpaired) electrons. The predicted molar refractivity (Wildman–Crippen MR) is 106 cm³/mol. The maximum absolute atomic E-state index is 5.47. The van der Waals surface area contributed by atoms with Gasteiger partial charge in [-0.25, -0.2) is 0 Å². The lowest BCUT2D eigenvalue weighted by atomic mass is 10.1. The number of rotatable bonds is 6. The first-order valence-corrected chi connectivity index (χ1v) is 9.40. The first kappa shape index (κ1) is 19.2. The number of hydrogen-bond acceptors (Lipinski definition) is 5. The van der Waals surface area contributed by atoms with E-state index in [1.165, 1.54) is 11.1 Å². The van der Waals surface area contributed by atoms with E-state index in [-0.39, 0.29) is 0 Å². The van der Waals surface area contributed by atoms with E-state index in [1.54, 1.807) is 13.4 Å². The second kappa shape index (κ2) is 9.41. The summed E-state index contributed by atoms with van der Waals surface area (Å²) in [5.41, 5.74) is 3.45. The standard InChI is InChI=1S/C20H29N5O2/c1-16-4-5-19(26-3)17(14-16)6-8-22-20(21-2)25-11-9-24(10-12-25)15-18-7-13-27-23-18/h4-5,7,13-14H,6,8-12,15H2,1-3H3,(H,21,22). The van der Waals surface area contributed by atoms with Crippen molar-refractivity contribution in [2.45, 2.75) is 19.9 Å². The normalized spacial score (nSPS) is 15.8. The molecular weight excluding hydrogens is 342 g/mol. The van der Waals surface area contributed by atoms with Crippen LogP contribution in [-0.4, -0.2) is 67.8 Å². The van der Waals surface area contributed by atoms with Gasteiger partial charge in [0.05, 0.1) is 12.8 Å². The molecule has 0 bridgehead atoms. The van der Waals surface area contributed by atoms with Crippen LogP contribution in [-0.2, 0) is 13.0 Å². The molecule has 3 rings (SSSR count). The van der Waals surface area contributed by atoms with Crippen LogP contribution in [0.1, 0.15) is 16.8 Å². The number of guanidine groups is 1. The average molecular weight is 371 g/mol. The molecule has 7 nitrogen and oxygen atoms in total. The van der Waals surface area contributed by atoms with Crippen molar-refractivity contribution >= 4 is 5.96 Å². The molecule has 0 aliphatic carbocycles. The van der Waals surface area contributed by atoms with Gasteiger partial charge in [0.15, 0.2) is 5.96 Å². The number of nitrogens with one attached hydrogen (secondary N) is 1. The number of nitrogens with zero attached hydrogens (tertiary/aromatic N) is 4. The molecule has 2 aromatic rings. The molecule has 1 saturated heterocycles. The molecule has 0 unspecified atom stereocenters. The molecule has 1 aromatic carbocycles. The van der Waals surface area contributed by atoms with Crippen LogP contribution in [0.3, 0.4) is 0 Å². The maximum atomic E-state index is 5.47. The first-order chi connectivity index (χ1) is 13.2. The fourth-order valence-corrected chi connectivity index (χ4v) is 3.41. The Morgan fingerprint density at radius 2 is 2.07 bits per heavy atom. The van der Waals surface area contributed by atoms with Crippen molar-refractivity contribution in [3.8, 4) is 5.75 Å². The molecule has 0 saturated carbocycles. The third-order valence-corrected chi connectivity index (χ3v) is 4.87. The predicted octanol–water partition coefficient (Wildman–Crippen LogP) is 1.93. The van der Waals surface area contributed by atoms with Gasteiger partial charge >= 0.3 is 0 Å². The largest absolute Gasteiger partial charge is 0.496 e. The van der Waals surface area contributed by atoms with Gasteiger partial charge in [-0.3, -0.25) is 9.89 Å². The lowest BCUT2D eigenvalue weighted by Crippen LogP contribution is -2.52. The highest BCUT2D eigenvalue weighted by Crippen LogP contribution is 2.19. The van der Waals surface area contributed by atoms with Gasteiger partial charge in [0.1, 0.15) is 12.0 Å². The average Bonchev–Trinajstić information content (AvgIpc) is 3.19. The van der Waals surface area contributed by atoms with Crippen LogP contribution in [0.4, 0.5) is 0 Å². The zero-order valence-electron chi connectivity index (χ0n) is 16.4. The molecule has 1 N–H and O–H groups in total. The molecule has 27 heavy (non-hydrogen) atoms. The Bertz CT molecular complexity index is 737. The van der Waals surface area contributed by atoms with Crippen LogP contribution in [0.2, 0.25) is 0 Å². The lowest BCUT2D eigenvalue weighted by Gasteiger charge is -2.36. The molecule has 0 atom stereocenters. The molecule has 0 amide bonds. The molecule has 1 aromatic heterocycles. The number of benzene rings is 1.